The second-order valence-electron chi connectivity index (χ2n) is 3.43. The number of benzene rings is 1. The van der Waals surface area contributed by atoms with Gasteiger partial charge in [0, 0.05) is 13.3 Å². The van der Waals surface area contributed by atoms with Crippen LogP contribution >= 0.6 is 7.37 Å². The Labute approximate surface area is 102 Å². The molecule has 0 fully saturated rings. The molecule has 17 heavy (non-hydrogen) atoms. The summed E-state index contributed by atoms with van der Waals surface area (Å²) in [6.45, 7) is 4.24. The molecule has 1 aromatic carbocycles. The fourth-order valence-corrected chi connectivity index (χ4v) is 3.39. The zero-order chi connectivity index (χ0) is 12.7. The summed E-state index contributed by atoms with van der Waals surface area (Å²) in [7, 11) is -1.26. The van der Waals surface area contributed by atoms with Gasteiger partial charge in [-0.25, -0.2) is 0 Å². The van der Waals surface area contributed by atoms with Gasteiger partial charge in [0.25, 0.3) is 0 Å². The number of methoxy groups -OCH3 is 1. The second kappa shape index (κ2) is 6.80. The highest BCUT2D eigenvalue weighted by Crippen LogP contribution is 2.47. The maximum absolute atomic E-state index is 12.6. The van der Waals surface area contributed by atoms with Gasteiger partial charge in [-0.3, -0.25) is 4.57 Å². The average Bonchev–Trinajstić information content (AvgIpc) is 2.37. The zero-order valence-corrected chi connectivity index (χ0v) is 11.4. The molecule has 1 rings (SSSR count). The number of hydrogen-bond donors (Lipinski definition) is 0. The van der Waals surface area contributed by atoms with E-state index in [2.05, 4.69) is 0 Å². The third-order valence-electron chi connectivity index (χ3n) is 2.32. The lowest BCUT2D eigenvalue weighted by molar-refractivity contribution is 0.0518. The van der Waals surface area contributed by atoms with Crippen molar-refractivity contribution < 1.29 is 18.6 Å². The van der Waals surface area contributed by atoms with Gasteiger partial charge in [-0.15, -0.1) is 0 Å². The van der Waals surface area contributed by atoms with Crippen LogP contribution in [0.5, 0.6) is 5.75 Å². The van der Waals surface area contributed by atoms with Crippen molar-refractivity contribution in [3.63, 3.8) is 0 Å². The van der Waals surface area contributed by atoms with Crippen LogP contribution in [0.15, 0.2) is 24.3 Å². The Kier molecular flexibility index (Phi) is 5.69. The molecule has 0 unspecified atom stereocenters. The molecule has 0 bridgehead atoms. The Morgan fingerprint density at radius 2 is 1.94 bits per heavy atom. The van der Waals surface area contributed by atoms with E-state index in [-0.39, 0.29) is 6.79 Å². The molecule has 0 heterocycles. The highest BCUT2D eigenvalue weighted by Gasteiger charge is 2.26. The van der Waals surface area contributed by atoms with Crippen LogP contribution in [-0.2, 0) is 13.8 Å². The quantitative estimate of drug-likeness (QED) is 0.557. The van der Waals surface area contributed by atoms with Crippen LogP contribution in [0.25, 0.3) is 0 Å². The molecule has 0 spiro atoms. The first-order valence-electron chi connectivity index (χ1n) is 5.62. The number of hydrogen-bond acceptors (Lipinski definition) is 4. The minimum atomic E-state index is -2.81. The van der Waals surface area contributed by atoms with Gasteiger partial charge in [0.2, 0.25) is 7.37 Å². The summed E-state index contributed by atoms with van der Waals surface area (Å²) < 4.78 is 28.3. The molecular weight excluding hydrogens is 239 g/mol. The van der Waals surface area contributed by atoms with Crippen molar-refractivity contribution in [3.05, 3.63) is 24.3 Å². The standard InChI is InChI=1S/C12H19O4P/c1-4-16-17(13,5-2)12-9-7-6-8-11(12)15-10-14-3/h6-9H,4-5,10H2,1-3H3/t17-/m1/s1. The summed E-state index contributed by atoms with van der Waals surface area (Å²) in [6.07, 6.45) is 0.453. The molecule has 0 aliphatic heterocycles. The first kappa shape index (κ1) is 14.2. The Hall–Kier alpha value is -0.830. The lowest BCUT2D eigenvalue weighted by Crippen LogP contribution is -2.14. The molecule has 0 saturated carbocycles. The van der Waals surface area contributed by atoms with Crippen molar-refractivity contribution in [2.75, 3.05) is 26.7 Å². The topological polar surface area (TPSA) is 44.8 Å². The Morgan fingerprint density at radius 1 is 1.24 bits per heavy atom. The lowest BCUT2D eigenvalue weighted by Gasteiger charge is -2.19. The monoisotopic (exact) mass is 258 g/mol. The summed E-state index contributed by atoms with van der Waals surface area (Å²) in [5.74, 6) is 0.563. The summed E-state index contributed by atoms with van der Waals surface area (Å²) in [4.78, 5) is 0. The molecule has 0 amide bonds. The van der Waals surface area contributed by atoms with E-state index in [1.54, 1.807) is 19.2 Å². The maximum atomic E-state index is 12.6. The second-order valence-corrected chi connectivity index (χ2v) is 6.15. The lowest BCUT2D eigenvalue weighted by atomic mass is 10.3. The van der Waals surface area contributed by atoms with Gasteiger partial charge in [-0.1, -0.05) is 19.1 Å². The van der Waals surface area contributed by atoms with Crippen LogP contribution in [0.4, 0.5) is 0 Å². The Balaban J connectivity index is 3.05. The van der Waals surface area contributed by atoms with E-state index in [0.29, 0.717) is 23.8 Å². The molecule has 5 heteroatoms. The van der Waals surface area contributed by atoms with Gasteiger partial charge in [-0.05, 0) is 19.1 Å². The van der Waals surface area contributed by atoms with E-state index in [4.69, 9.17) is 14.0 Å². The minimum Gasteiger partial charge on any atom is -0.467 e. The van der Waals surface area contributed by atoms with Crippen molar-refractivity contribution >= 4 is 12.7 Å². The summed E-state index contributed by atoms with van der Waals surface area (Å²) >= 11 is 0. The molecule has 0 N–H and O–H groups in total. The minimum absolute atomic E-state index is 0.132. The maximum Gasteiger partial charge on any atom is 0.235 e. The fraction of sp³-hybridized carbons (Fsp3) is 0.500. The highest BCUT2D eigenvalue weighted by molar-refractivity contribution is 7.67. The summed E-state index contributed by atoms with van der Waals surface area (Å²) in [5.41, 5.74) is 0. The smallest absolute Gasteiger partial charge is 0.235 e. The molecule has 1 aromatic rings. The Morgan fingerprint density at radius 3 is 2.53 bits per heavy atom. The molecule has 0 aliphatic carbocycles. The van der Waals surface area contributed by atoms with Crippen LogP contribution in [0, 0.1) is 0 Å². The van der Waals surface area contributed by atoms with Crippen LogP contribution < -0.4 is 10.0 Å². The number of ether oxygens (including phenoxy) is 2. The molecule has 1 atom stereocenters. The van der Waals surface area contributed by atoms with Gasteiger partial charge in [0.1, 0.15) is 5.75 Å². The zero-order valence-electron chi connectivity index (χ0n) is 10.5. The summed E-state index contributed by atoms with van der Waals surface area (Å²) in [6, 6.07) is 7.22. The van der Waals surface area contributed by atoms with Gasteiger partial charge in [0.15, 0.2) is 6.79 Å². The number of para-hydroxylation sites is 1. The molecular formula is C12H19O4P. The SMILES string of the molecule is CCO[P@](=O)(CC)c1ccccc1OCOC. The molecule has 0 radical (unpaired) electrons. The van der Waals surface area contributed by atoms with Crippen molar-refractivity contribution in [3.8, 4) is 5.75 Å². The Bertz CT molecular complexity index is 392. The molecule has 0 saturated heterocycles. The van der Waals surface area contributed by atoms with E-state index in [0.717, 1.165) is 0 Å². The molecule has 0 aliphatic rings. The molecule has 4 nitrogen and oxygen atoms in total. The molecule has 0 aromatic heterocycles. The summed E-state index contributed by atoms with van der Waals surface area (Å²) in [5, 5.41) is 0.626. The van der Waals surface area contributed by atoms with Crippen molar-refractivity contribution in [1.29, 1.82) is 0 Å². The van der Waals surface area contributed by atoms with E-state index in [1.165, 1.54) is 0 Å². The van der Waals surface area contributed by atoms with Gasteiger partial charge in [-0.2, -0.15) is 0 Å². The first-order valence-corrected chi connectivity index (χ1v) is 7.43. The average molecular weight is 258 g/mol. The highest BCUT2D eigenvalue weighted by atomic mass is 31.2. The van der Waals surface area contributed by atoms with Crippen LogP contribution in [-0.4, -0.2) is 26.7 Å². The normalized spacial score (nSPS) is 14.3. The van der Waals surface area contributed by atoms with Crippen LogP contribution in [0.2, 0.25) is 0 Å². The largest absolute Gasteiger partial charge is 0.467 e. The van der Waals surface area contributed by atoms with Crippen LogP contribution in [0.3, 0.4) is 0 Å². The third-order valence-corrected chi connectivity index (χ3v) is 4.93. The fourth-order valence-electron chi connectivity index (χ4n) is 1.52. The molecule has 96 valence electrons. The van der Waals surface area contributed by atoms with E-state index < -0.39 is 7.37 Å². The van der Waals surface area contributed by atoms with Crippen molar-refractivity contribution in [2.24, 2.45) is 0 Å². The first-order chi connectivity index (χ1) is 8.18. The van der Waals surface area contributed by atoms with Crippen molar-refractivity contribution in [2.45, 2.75) is 13.8 Å². The number of rotatable bonds is 7. The van der Waals surface area contributed by atoms with Crippen molar-refractivity contribution in [1.82, 2.24) is 0 Å². The van der Waals surface area contributed by atoms with Crippen LogP contribution in [0.1, 0.15) is 13.8 Å². The van der Waals surface area contributed by atoms with Gasteiger partial charge in [0.05, 0.1) is 11.9 Å². The predicted molar refractivity (Wildman–Crippen MR) is 68.4 cm³/mol. The predicted octanol–water partition coefficient (Wildman–Crippen LogP) is 2.63. The van der Waals surface area contributed by atoms with E-state index in [1.807, 2.05) is 26.0 Å². The third kappa shape index (κ3) is 3.56. The van der Waals surface area contributed by atoms with Gasteiger partial charge < -0.3 is 14.0 Å². The van der Waals surface area contributed by atoms with E-state index in [9.17, 15) is 4.57 Å². The van der Waals surface area contributed by atoms with E-state index >= 15 is 0 Å². The van der Waals surface area contributed by atoms with Gasteiger partial charge >= 0.3 is 0 Å².